The highest BCUT2D eigenvalue weighted by Gasteiger charge is 2.32. The Morgan fingerprint density at radius 3 is 2.76 bits per heavy atom. The van der Waals surface area contributed by atoms with E-state index in [4.69, 9.17) is 4.74 Å². The highest BCUT2D eigenvalue weighted by atomic mass is 16.5. The second kappa shape index (κ2) is 9.43. The predicted octanol–water partition coefficient (Wildman–Crippen LogP) is 5.44. The van der Waals surface area contributed by atoms with E-state index in [1.54, 1.807) is 0 Å². The third-order valence-corrected chi connectivity index (χ3v) is 6.45. The topological polar surface area (TPSA) is 28.3 Å². The summed E-state index contributed by atoms with van der Waals surface area (Å²) in [6.45, 7) is 10.1. The number of nitrogens with one attached hydrogen (secondary N) is 1. The molecule has 3 unspecified atom stereocenters. The zero-order valence-electron chi connectivity index (χ0n) is 17.4. The zero-order chi connectivity index (χ0) is 20.1. The van der Waals surface area contributed by atoms with E-state index in [-0.39, 0.29) is 0 Å². The summed E-state index contributed by atoms with van der Waals surface area (Å²) in [7, 11) is 0. The van der Waals surface area contributed by atoms with Crippen LogP contribution in [0.2, 0.25) is 0 Å². The molecule has 1 fully saturated rings. The molecule has 4 rings (SSSR count). The molecule has 2 heterocycles. The fourth-order valence-corrected chi connectivity index (χ4v) is 4.60. The van der Waals surface area contributed by atoms with Crippen LogP contribution in [0.4, 0.5) is 0 Å². The van der Waals surface area contributed by atoms with Gasteiger partial charge >= 0.3 is 0 Å². The summed E-state index contributed by atoms with van der Waals surface area (Å²) in [6, 6.07) is 19.5. The van der Waals surface area contributed by atoms with Crippen molar-refractivity contribution in [3.63, 3.8) is 0 Å². The molecule has 0 bridgehead atoms. The Morgan fingerprint density at radius 2 is 1.93 bits per heavy atom. The molecule has 29 heavy (non-hydrogen) atoms. The van der Waals surface area contributed by atoms with E-state index in [1.807, 2.05) is 6.07 Å². The van der Waals surface area contributed by atoms with Gasteiger partial charge in [-0.3, -0.25) is 4.90 Å². The summed E-state index contributed by atoms with van der Waals surface area (Å²) in [6.07, 6.45) is 6.54. The summed E-state index contributed by atoms with van der Waals surface area (Å²) in [5.74, 6) is 1.08. The molecule has 3 heteroatoms. The van der Waals surface area contributed by atoms with E-state index in [2.05, 4.69) is 84.2 Å². The third-order valence-electron chi connectivity index (χ3n) is 6.45. The number of rotatable bonds is 8. The normalized spacial score (nSPS) is 22.7. The van der Waals surface area contributed by atoms with Crippen molar-refractivity contribution in [1.29, 1.82) is 0 Å². The van der Waals surface area contributed by atoms with E-state index in [9.17, 15) is 0 Å². The first kappa shape index (κ1) is 19.9. The van der Waals surface area contributed by atoms with Crippen molar-refractivity contribution in [2.75, 3.05) is 19.7 Å². The second-order valence-corrected chi connectivity index (χ2v) is 8.34. The first-order valence-electron chi connectivity index (χ1n) is 10.8. The molecule has 1 aliphatic heterocycles. The summed E-state index contributed by atoms with van der Waals surface area (Å²) in [5.41, 5.74) is 3.88. The lowest BCUT2D eigenvalue weighted by Crippen LogP contribution is -2.48. The number of hydrogen-bond acceptors (Lipinski definition) is 2. The van der Waals surface area contributed by atoms with Crippen molar-refractivity contribution in [2.24, 2.45) is 11.8 Å². The van der Waals surface area contributed by atoms with Crippen LogP contribution < -0.4 is 0 Å². The number of para-hydroxylation sites is 1. The van der Waals surface area contributed by atoms with Crippen molar-refractivity contribution in [3.05, 3.63) is 84.6 Å². The molecule has 2 aromatic carbocycles. The van der Waals surface area contributed by atoms with Gasteiger partial charge in [0.15, 0.2) is 0 Å². The van der Waals surface area contributed by atoms with Crippen LogP contribution in [0.25, 0.3) is 10.9 Å². The van der Waals surface area contributed by atoms with Gasteiger partial charge in [-0.05, 0) is 48.8 Å². The Balaban J connectivity index is 1.36. The van der Waals surface area contributed by atoms with Crippen LogP contribution in [0, 0.1) is 11.8 Å². The van der Waals surface area contributed by atoms with Gasteiger partial charge in [-0.25, -0.2) is 0 Å². The molecule has 1 saturated heterocycles. The second-order valence-electron chi connectivity index (χ2n) is 8.34. The largest absolute Gasteiger partial charge is 0.376 e. The average Bonchev–Trinajstić information content (AvgIpc) is 3.18. The number of aromatic nitrogens is 1. The molecular weight excluding hydrogens is 356 g/mol. The van der Waals surface area contributed by atoms with Gasteiger partial charge in [0.1, 0.15) is 0 Å². The van der Waals surface area contributed by atoms with Gasteiger partial charge in [0.05, 0.1) is 13.2 Å². The van der Waals surface area contributed by atoms with Gasteiger partial charge in [-0.15, -0.1) is 6.58 Å². The van der Waals surface area contributed by atoms with Crippen molar-refractivity contribution in [3.8, 4) is 0 Å². The third kappa shape index (κ3) is 4.80. The number of piperidine rings is 1. The number of nitrogens with zero attached hydrogens (tertiary/aromatic N) is 1. The maximum absolute atomic E-state index is 6.11. The number of likely N-dealkylation sites (tertiary alicyclic amines) is 1. The van der Waals surface area contributed by atoms with Crippen LogP contribution in [0.3, 0.4) is 0 Å². The minimum atomic E-state index is 0.521. The summed E-state index contributed by atoms with van der Waals surface area (Å²) in [5, 5.41) is 1.35. The maximum atomic E-state index is 6.11. The van der Waals surface area contributed by atoms with E-state index < -0.39 is 0 Å². The van der Waals surface area contributed by atoms with E-state index in [0.29, 0.717) is 24.5 Å². The summed E-state index contributed by atoms with van der Waals surface area (Å²) >= 11 is 0. The molecule has 0 amide bonds. The number of ether oxygens (including phenoxy) is 1. The highest BCUT2D eigenvalue weighted by Crippen LogP contribution is 2.29. The van der Waals surface area contributed by atoms with Crippen molar-refractivity contribution in [2.45, 2.75) is 32.4 Å². The molecule has 0 aliphatic carbocycles. The lowest BCUT2D eigenvalue weighted by Gasteiger charge is -2.42. The lowest BCUT2D eigenvalue weighted by atomic mass is 9.84. The Hall–Kier alpha value is -2.36. The number of aromatic amines is 1. The van der Waals surface area contributed by atoms with E-state index in [1.165, 1.54) is 28.5 Å². The molecule has 0 radical (unpaired) electrons. The first-order chi connectivity index (χ1) is 14.2. The van der Waals surface area contributed by atoms with Gasteiger partial charge in [0.25, 0.3) is 0 Å². The smallest absolute Gasteiger partial charge is 0.0717 e. The van der Waals surface area contributed by atoms with Gasteiger partial charge in [0, 0.05) is 36.2 Å². The van der Waals surface area contributed by atoms with Crippen LogP contribution in [-0.4, -0.2) is 35.6 Å². The van der Waals surface area contributed by atoms with Crippen LogP contribution in [-0.2, 0) is 17.8 Å². The Kier molecular flexibility index (Phi) is 6.48. The Labute approximate surface area is 174 Å². The molecule has 0 spiro atoms. The van der Waals surface area contributed by atoms with Crippen LogP contribution in [0.1, 0.15) is 24.5 Å². The first-order valence-corrected chi connectivity index (χ1v) is 10.8. The van der Waals surface area contributed by atoms with Gasteiger partial charge < -0.3 is 9.72 Å². The quantitative estimate of drug-likeness (QED) is 0.521. The van der Waals surface area contributed by atoms with Crippen molar-refractivity contribution >= 4 is 10.9 Å². The summed E-state index contributed by atoms with van der Waals surface area (Å²) in [4.78, 5) is 6.04. The van der Waals surface area contributed by atoms with Crippen LogP contribution in [0.5, 0.6) is 0 Å². The fraction of sp³-hybridized carbons (Fsp3) is 0.385. The van der Waals surface area contributed by atoms with Crippen LogP contribution in [0.15, 0.2) is 73.4 Å². The Bertz CT molecular complexity index is 917. The number of benzene rings is 2. The molecule has 1 N–H and O–H groups in total. The van der Waals surface area contributed by atoms with E-state index in [0.717, 1.165) is 26.1 Å². The minimum absolute atomic E-state index is 0.521. The molecule has 1 aromatic heterocycles. The SMILES string of the molecule is C=CC1CC(COCc2ccccc2)C(C)N(CCc2c[nH]c3ccccc23)C1. The Morgan fingerprint density at radius 1 is 1.14 bits per heavy atom. The van der Waals surface area contributed by atoms with Gasteiger partial charge in [-0.2, -0.15) is 0 Å². The maximum Gasteiger partial charge on any atom is 0.0717 e. The molecule has 3 atom stereocenters. The molecular formula is C26H32N2O. The minimum Gasteiger partial charge on any atom is -0.376 e. The molecule has 3 nitrogen and oxygen atoms in total. The van der Waals surface area contributed by atoms with Gasteiger partial charge in [-0.1, -0.05) is 54.6 Å². The number of hydrogen-bond donors (Lipinski definition) is 1. The zero-order valence-corrected chi connectivity index (χ0v) is 17.4. The van der Waals surface area contributed by atoms with Crippen LogP contribution >= 0.6 is 0 Å². The lowest BCUT2D eigenvalue weighted by molar-refractivity contribution is 0.00905. The molecule has 1 aliphatic rings. The average molecular weight is 389 g/mol. The number of fused-ring (bicyclic) bond motifs is 1. The number of H-pyrrole nitrogens is 1. The highest BCUT2D eigenvalue weighted by molar-refractivity contribution is 5.83. The molecule has 3 aromatic rings. The predicted molar refractivity (Wildman–Crippen MR) is 121 cm³/mol. The van der Waals surface area contributed by atoms with Crippen molar-refractivity contribution in [1.82, 2.24) is 9.88 Å². The standard InChI is InChI=1S/C26H32N2O/c1-3-21-15-24(19-29-18-22-9-5-4-6-10-22)20(2)28(17-21)14-13-23-16-27-26-12-8-7-11-25(23)26/h3-12,16,20-21,24,27H,1,13-15,17-19H2,2H3. The molecule has 0 saturated carbocycles. The fourth-order valence-electron chi connectivity index (χ4n) is 4.60. The van der Waals surface area contributed by atoms with E-state index >= 15 is 0 Å². The van der Waals surface area contributed by atoms with Crippen molar-refractivity contribution < 1.29 is 4.74 Å². The summed E-state index contributed by atoms with van der Waals surface area (Å²) < 4.78 is 6.11. The van der Waals surface area contributed by atoms with Gasteiger partial charge in [0.2, 0.25) is 0 Å². The monoisotopic (exact) mass is 388 g/mol. The molecule has 152 valence electrons.